The van der Waals surface area contributed by atoms with Crippen LogP contribution in [0.15, 0.2) is 30.7 Å². The van der Waals surface area contributed by atoms with E-state index in [2.05, 4.69) is 38.9 Å². The van der Waals surface area contributed by atoms with Crippen LogP contribution < -0.4 is 5.32 Å². The van der Waals surface area contributed by atoms with Gasteiger partial charge in [0.25, 0.3) is 5.91 Å². The van der Waals surface area contributed by atoms with Crippen molar-refractivity contribution in [2.75, 3.05) is 5.32 Å². The molecule has 25 heavy (non-hydrogen) atoms. The van der Waals surface area contributed by atoms with E-state index in [1.807, 2.05) is 6.20 Å². The summed E-state index contributed by atoms with van der Waals surface area (Å²) >= 11 is 1.55. The first-order valence-corrected chi connectivity index (χ1v) is 9.19. The van der Waals surface area contributed by atoms with Gasteiger partial charge in [0.05, 0.1) is 11.9 Å². The Balaban J connectivity index is 1.60. The molecule has 1 amide bonds. The van der Waals surface area contributed by atoms with Crippen molar-refractivity contribution < 1.29 is 4.79 Å². The van der Waals surface area contributed by atoms with Gasteiger partial charge in [-0.05, 0) is 30.9 Å². The SMILES string of the molecule is CC(C)Cn1ncc2c1CCc1sc(NC(=O)c3ccncc3)nc1-2. The van der Waals surface area contributed by atoms with Crippen molar-refractivity contribution in [1.29, 1.82) is 0 Å². The summed E-state index contributed by atoms with van der Waals surface area (Å²) in [5.74, 6) is 0.389. The largest absolute Gasteiger partial charge is 0.298 e. The minimum Gasteiger partial charge on any atom is -0.298 e. The zero-order valence-electron chi connectivity index (χ0n) is 14.2. The van der Waals surface area contributed by atoms with Crippen LogP contribution in [0.3, 0.4) is 0 Å². The maximum absolute atomic E-state index is 12.3. The summed E-state index contributed by atoms with van der Waals surface area (Å²) < 4.78 is 2.09. The van der Waals surface area contributed by atoms with E-state index in [-0.39, 0.29) is 5.91 Å². The van der Waals surface area contributed by atoms with Crippen LogP contribution in [0.1, 0.15) is 34.8 Å². The van der Waals surface area contributed by atoms with Gasteiger partial charge in [0.15, 0.2) is 5.13 Å². The van der Waals surface area contributed by atoms with Crippen LogP contribution in [-0.4, -0.2) is 25.7 Å². The first kappa shape index (κ1) is 16.0. The second kappa shape index (κ2) is 6.40. The molecule has 1 aliphatic carbocycles. The first-order valence-electron chi connectivity index (χ1n) is 8.38. The molecule has 7 heteroatoms. The van der Waals surface area contributed by atoms with Gasteiger partial charge in [0, 0.05) is 40.6 Å². The number of hydrogen-bond acceptors (Lipinski definition) is 5. The van der Waals surface area contributed by atoms with Crippen molar-refractivity contribution in [2.45, 2.75) is 33.2 Å². The summed E-state index contributed by atoms with van der Waals surface area (Å²) in [7, 11) is 0. The Morgan fingerprint density at radius 3 is 2.88 bits per heavy atom. The number of carbonyl (C=O) groups excluding carboxylic acids is 1. The van der Waals surface area contributed by atoms with Crippen LogP contribution in [0.5, 0.6) is 0 Å². The van der Waals surface area contributed by atoms with E-state index >= 15 is 0 Å². The minimum atomic E-state index is -0.163. The average molecular weight is 353 g/mol. The number of rotatable bonds is 4. The Labute approximate surface area is 149 Å². The van der Waals surface area contributed by atoms with E-state index in [1.165, 1.54) is 10.6 Å². The fraction of sp³-hybridized carbons (Fsp3) is 0.333. The van der Waals surface area contributed by atoms with Crippen LogP contribution in [0.25, 0.3) is 11.3 Å². The molecule has 0 spiro atoms. The molecule has 0 bridgehead atoms. The minimum absolute atomic E-state index is 0.163. The van der Waals surface area contributed by atoms with Crippen molar-refractivity contribution in [3.8, 4) is 11.3 Å². The van der Waals surface area contributed by atoms with Gasteiger partial charge < -0.3 is 0 Å². The molecule has 6 nitrogen and oxygen atoms in total. The van der Waals surface area contributed by atoms with Crippen LogP contribution in [0.4, 0.5) is 5.13 Å². The normalized spacial score (nSPS) is 12.8. The molecule has 0 unspecified atom stereocenters. The Kier molecular flexibility index (Phi) is 4.09. The van der Waals surface area contributed by atoms with E-state index in [1.54, 1.807) is 35.9 Å². The maximum Gasteiger partial charge on any atom is 0.257 e. The van der Waals surface area contributed by atoms with Crippen LogP contribution in [-0.2, 0) is 19.4 Å². The first-order chi connectivity index (χ1) is 12.1. The van der Waals surface area contributed by atoms with Crippen molar-refractivity contribution in [2.24, 2.45) is 5.92 Å². The Hall–Kier alpha value is -2.54. The third kappa shape index (κ3) is 3.07. The van der Waals surface area contributed by atoms with Crippen LogP contribution in [0.2, 0.25) is 0 Å². The van der Waals surface area contributed by atoms with E-state index < -0.39 is 0 Å². The molecule has 3 heterocycles. The molecule has 0 saturated heterocycles. The van der Waals surface area contributed by atoms with Gasteiger partial charge in [-0.2, -0.15) is 5.10 Å². The lowest BCUT2D eigenvalue weighted by molar-refractivity contribution is 0.102. The summed E-state index contributed by atoms with van der Waals surface area (Å²) in [5, 5.41) is 8.08. The molecule has 0 atom stereocenters. The third-order valence-electron chi connectivity index (χ3n) is 4.19. The molecule has 0 aromatic carbocycles. The lowest BCUT2D eigenvalue weighted by atomic mass is 10.0. The molecule has 0 radical (unpaired) electrons. The highest BCUT2D eigenvalue weighted by molar-refractivity contribution is 7.16. The highest BCUT2D eigenvalue weighted by Crippen LogP contribution is 2.38. The van der Waals surface area contributed by atoms with Crippen molar-refractivity contribution in [3.05, 3.63) is 46.9 Å². The number of hydrogen-bond donors (Lipinski definition) is 1. The number of nitrogens with one attached hydrogen (secondary N) is 1. The summed E-state index contributed by atoms with van der Waals surface area (Å²) in [6.07, 6.45) is 7.03. The van der Waals surface area contributed by atoms with Gasteiger partial charge in [-0.1, -0.05) is 13.8 Å². The van der Waals surface area contributed by atoms with E-state index in [0.29, 0.717) is 16.6 Å². The molecule has 1 aliphatic rings. The predicted octanol–water partition coefficient (Wildman–Crippen LogP) is 3.41. The van der Waals surface area contributed by atoms with Gasteiger partial charge in [0.1, 0.15) is 0 Å². The van der Waals surface area contributed by atoms with Gasteiger partial charge in [-0.25, -0.2) is 4.98 Å². The van der Waals surface area contributed by atoms with Crippen LogP contribution >= 0.6 is 11.3 Å². The Morgan fingerprint density at radius 1 is 1.32 bits per heavy atom. The number of aromatic nitrogens is 4. The van der Waals surface area contributed by atoms with E-state index in [4.69, 9.17) is 0 Å². The average Bonchev–Trinajstić information content (AvgIpc) is 3.18. The van der Waals surface area contributed by atoms with Crippen LogP contribution in [0, 0.1) is 5.92 Å². The molecular formula is C18H19N5OS. The lowest BCUT2D eigenvalue weighted by Gasteiger charge is -2.14. The number of fused-ring (bicyclic) bond motifs is 3. The molecule has 0 saturated carbocycles. The van der Waals surface area contributed by atoms with E-state index in [9.17, 15) is 4.79 Å². The molecule has 128 valence electrons. The third-order valence-corrected chi connectivity index (χ3v) is 5.22. The monoisotopic (exact) mass is 353 g/mol. The number of anilines is 1. The summed E-state index contributed by atoms with van der Waals surface area (Å²) in [5.41, 5.74) is 3.89. The van der Waals surface area contributed by atoms with E-state index in [0.717, 1.165) is 30.6 Å². The zero-order valence-corrected chi connectivity index (χ0v) is 15.0. The highest BCUT2D eigenvalue weighted by atomic mass is 32.1. The number of aryl methyl sites for hydroxylation is 1. The highest BCUT2D eigenvalue weighted by Gasteiger charge is 2.25. The number of carbonyl (C=O) groups is 1. The van der Waals surface area contributed by atoms with Gasteiger partial charge in [-0.15, -0.1) is 11.3 Å². The number of amides is 1. The number of nitrogens with zero attached hydrogens (tertiary/aromatic N) is 4. The smallest absolute Gasteiger partial charge is 0.257 e. The maximum atomic E-state index is 12.3. The summed E-state index contributed by atoms with van der Waals surface area (Å²) in [6.45, 7) is 5.30. The lowest BCUT2D eigenvalue weighted by Crippen LogP contribution is -2.12. The molecule has 3 aromatic rings. The fourth-order valence-corrected chi connectivity index (χ4v) is 4.04. The summed E-state index contributed by atoms with van der Waals surface area (Å²) in [4.78, 5) is 22.1. The number of thiazole rings is 1. The van der Waals surface area contributed by atoms with Gasteiger partial charge in [0.2, 0.25) is 0 Å². The predicted molar refractivity (Wildman–Crippen MR) is 97.8 cm³/mol. The zero-order chi connectivity index (χ0) is 17.4. The molecule has 4 rings (SSSR count). The second-order valence-electron chi connectivity index (χ2n) is 6.56. The Bertz CT molecular complexity index is 913. The van der Waals surface area contributed by atoms with Crippen molar-refractivity contribution in [1.82, 2.24) is 19.7 Å². The fourth-order valence-electron chi connectivity index (χ4n) is 3.07. The molecule has 0 fully saturated rings. The molecular weight excluding hydrogens is 334 g/mol. The quantitative estimate of drug-likeness (QED) is 0.780. The molecule has 3 aromatic heterocycles. The molecule has 0 aliphatic heterocycles. The molecule has 1 N–H and O–H groups in total. The van der Waals surface area contributed by atoms with Crippen molar-refractivity contribution in [3.63, 3.8) is 0 Å². The topological polar surface area (TPSA) is 72.7 Å². The standard InChI is InChI=1S/C18H19N5OS/c1-11(2)10-23-14-3-4-15-16(13(14)9-20-23)21-18(25-15)22-17(24)12-5-7-19-8-6-12/h5-9,11H,3-4,10H2,1-2H3,(H,21,22,24). The number of pyridine rings is 1. The second-order valence-corrected chi connectivity index (χ2v) is 7.65. The van der Waals surface area contributed by atoms with Crippen molar-refractivity contribution >= 4 is 22.4 Å². The Morgan fingerprint density at radius 2 is 2.12 bits per heavy atom. The van der Waals surface area contributed by atoms with Gasteiger partial charge in [-0.3, -0.25) is 19.8 Å². The summed E-state index contributed by atoms with van der Waals surface area (Å²) in [6, 6.07) is 3.38. The van der Waals surface area contributed by atoms with Gasteiger partial charge >= 0.3 is 0 Å².